The molecule has 2 N–H and O–H groups in total. The number of nitrogens with zero attached hydrogens (tertiary/aromatic N) is 2. The van der Waals surface area contributed by atoms with Crippen LogP contribution in [0.2, 0.25) is 0 Å². The van der Waals surface area contributed by atoms with Gasteiger partial charge in [-0.25, -0.2) is 31.9 Å². The number of hydrogen-bond donors (Lipinski definition) is 2. The van der Waals surface area contributed by atoms with Gasteiger partial charge in [0.25, 0.3) is 18.8 Å². The van der Waals surface area contributed by atoms with Crippen molar-refractivity contribution >= 4 is 11.7 Å². The van der Waals surface area contributed by atoms with Gasteiger partial charge in [-0.05, 0) is 26.7 Å². The first kappa shape index (κ1) is 27.1. The summed E-state index contributed by atoms with van der Waals surface area (Å²) < 4.78 is 84.9. The van der Waals surface area contributed by atoms with Gasteiger partial charge in [-0.2, -0.15) is 0 Å². The maximum atomic E-state index is 14.8. The molecule has 202 valence electrons. The second-order valence-corrected chi connectivity index (χ2v) is 8.97. The van der Waals surface area contributed by atoms with E-state index in [0.717, 1.165) is 6.07 Å². The molecule has 0 spiro atoms. The van der Waals surface area contributed by atoms with Crippen LogP contribution in [0.4, 0.5) is 27.8 Å². The van der Waals surface area contributed by atoms with Gasteiger partial charge in [0.05, 0.1) is 36.1 Å². The van der Waals surface area contributed by atoms with Crippen molar-refractivity contribution in [1.29, 1.82) is 0 Å². The molecule has 2 aliphatic rings. The molecule has 2 aromatic rings. The van der Waals surface area contributed by atoms with Crippen LogP contribution in [0.25, 0.3) is 0 Å². The zero-order chi connectivity index (χ0) is 26.9. The molecule has 1 saturated carbocycles. The highest BCUT2D eigenvalue weighted by molar-refractivity contribution is 5.83. The van der Waals surface area contributed by atoms with Crippen molar-refractivity contribution in [2.24, 2.45) is 0 Å². The fraction of sp³-hybridized carbons (Fsp3) is 0.542. The molecule has 1 aliphatic carbocycles. The van der Waals surface area contributed by atoms with Gasteiger partial charge in [0.2, 0.25) is 0 Å². The van der Waals surface area contributed by atoms with Crippen LogP contribution in [0, 0.1) is 12.7 Å². The van der Waals surface area contributed by atoms with E-state index in [9.17, 15) is 26.7 Å². The van der Waals surface area contributed by atoms with Gasteiger partial charge in [-0.3, -0.25) is 4.79 Å². The number of rotatable bonds is 10. The fourth-order valence-electron chi connectivity index (χ4n) is 4.21. The number of ether oxygens (including phenoxy) is 3. The molecule has 8 nitrogen and oxygen atoms in total. The minimum Gasteiger partial charge on any atom is -0.365 e. The van der Waals surface area contributed by atoms with Crippen molar-refractivity contribution in [3.05, 3.63) is 52.2 Å². The van der Waals surface area contributed by atoms with Crippen LogP contribution in [0.5, 0.6) is 0 Å². The van der Waals surface area contributed by atoms with Crippen molar-refractivity contribution in [3.8, 4) is 0 Å². The lowest BCUT2D eigenvalue weighted by Gasteiger charge is -2.26. The Balaban J connectivity index is 1.73. The number of anilines is 1. The standard InChI is InChI=1S/C24H27F5N4O4/c1-11(13-5-4-6-14(16(13)25)19(26)27)30-20-15(22-36-9-10-37-22)17(31-12(2)32-20)18(35-3)21(34)33-24(7-8-24)23(28)29/h4-6,11,18-19,22-23H,7-10H2,1-3H3,(H,33,34)(H,30,31,32)/t11-,18?/m1/s1. The Morgan fingerprint density at radius 2 is 1.78 bits per heavy atom. The van der Waals surface area contributed by atoms with Gasteiger partial charge in [0, 0.05) is 12.7 Å². The lowest BCUT2D eigenvalue weighted by molar-refractivity contribution is -0.134. The highest BCUT2D eigenvalue weighted by Gasteiger charge is 2.53. The highest BCUT2D eigenvalue weighted by atomic mass is 19.3. The number of benzene rings is 1. The number of carbonyl (C=O) groups is 1. The van der Waals surface area contributed by atoms with Crippen molar-refractivity contribution in [1.82, 2.24) is 15.3 Å². The summed E-state index contributed by atoms with van der Waals surface area (Å²) in [7, 11) is 1.23. The number of halogens is 5. The summed E-state index contributed by atoms with van der Waals surface area (Å²) in [6.45, 7) is 3.52. The van der Waals surface area contributed by atoms with Crippen molar-refractivity contribution < 1.29 is 41.0 Å². The summed E-state index contributed by atoms with van der Waals surface area (Å²) in [4.78, 5) is 21.8. The van der Waals surface area contributed by atoms with Crippen LogP contribution < -0.4 is 10.6 Å². The first-order chi connectivity index (χ1) is 17.6. The zero-order valence-electron chi connectivity index (χ0n) is 20.4. The number of amides is 1. The number of alkyl halides is 4. The molecular formula is C24H27F5N4O4. The van der Waals surface area contributed by atoms with Crippen LogP contribution in [0.1, 0.15) is 72.8 Å². The molecule has 2 fully saturated rings. The number of nitrogens with one attached hydrogen (secondary N) is 2. The average molecular weight is 530 g/mol. The molecular weight excluding hydrogens is 503 g/mol. The Bertz CT molecular complexity index is 1140. The second-order valence-electron chi connectivity index (χ2n) is 8.97. The van der Waals surface area contributed by atoms with Crippen LogP contribution in [0.15, 0.2) is 18.2 Å². The van der Waals surface area contributed by atoms with E-state index in [1.54, 1.807) is 6.92 Å². The monoisotopic (exact) mass is 530 g/mol. The van der Waals surface area contributed by atoms with E-state index in [2.05, 4.69) is 20.6 Å². The van der Waals surface area contributed by atoms with Gasteiger partial charge >= 0.3 is 0 Å². The molecule has 0 bridgehead atoms. The van der Waals surface area contributed by atoms with Gasteiger partial charge in [-0.15, -0.1) is 0 Å². The highest BCUT2D eigenvalue weighted by Crippen LogP contribution is 2.42. The predicted octanol–water partition coefficient (Wildman–Crippen LogP) is 4.68. The van der Waals surface area contributed by atoms with Gasteiger partial charge < -0.3 is 24.8 Å². The summed E-state index contributed by atoms with van der Waals surface area (Å²) in [5, 5.41) is 5.35. The van der Waals surface area contributed by atoms with E-state index in [4.69, 9.17) is 14.2 Å². The molecule has 2 atom stereocenters. The van der Waals surface area contributed by atoms with Crippen molar-refractivity contribution in [3.63, 3.8) is 0 Å². The van der Waals surface area contributed by atoms with E-state index in [1.165, 1.54) is 26.2 Å². The van der Waals surface area contributed by atoms with Crippen molar-refractivity contribution in [2.75, 3.05) is 25.6 Å². The normalized spacial score (nSPS) is 18.8. The smallest absolute Gasteiger partial charge is 0.266 e. The first-order valence-corrected chi connectivity index (χ1v) is 11.7. The zero-order valence-corrected chi connectivity index (χ0v) is 20.4. The molecule has 1 amide bonds. The molecule has 1 aromatic heterocycles. The summed E-state index contributed by atoms with van der Waals surface area (Å²) >= 11 is 0. The third-order valence-electron chi connectivity index (χ3n) is 6.36. The molecule has 1 saturated heterocycles. The number of carbonyl (C=O) groups excluding carboxylic acids is 1. The Morgan fingerprint density at radius 3 is 2.35 bits per heavy atom. The van der Waals surface area contributed by atoms with E-state index >= 15 is 0 Å². The topological polar surface area (TPSA) is 94.6 Å². The van der Waals surface area contributed by atoms with E-state index in [-0.39, 0.29) is 54.5 Å². The summed E-state index contributed by atoms with van der Waals surface area (Å²) in [5.41, 5.74) is -2.22. The fourth-order valence-corrected chi connectivity index (χ4v) is 4.21. The van der Waals surface area contributed by atoms with Crippen LogP contribution in [-0.2, 0) is 19.0 Å². The number of methoxy groups -OCH3 is 1. The quantitative estimate of drug-likeness (QED) is 0.431. The van der Waals surface area contributed by atoms with E-state index in [0.29, 0.717) is 0 Å². The lowest BCUT2D eigenvalue weighted by Crippen LogP contribution is -2.45. The van der Waals surface area contributed by atoms with E-state index < -0.39 is 54.1 Å². The van der Waals surface area contributed by atoms with Gasteiger partial charge in [0.1, 0.15) is 23.0 Å². The molecule has 4 rings (SSSR count). The maximum Gasteiger partial charge on any atom is 0.266 e. The maximum absolute atomic E-state index is 14.8. The summed E-state index contributed by atoms with van der Waals surface area (Å²) in [6, 6.07) is 2.83. The Kier molecular flexibility index (Phi) is 7.95. The molecule has 1 aliphatic heterocycles. The third-order valence-corrected chi connectivity index (χ3v) is 6.36. The largest absolute Gasteiger partial charge is 0.365 e. The molecule has 1 aromatic carbocycles. The lowest BCUT2D eigenvalue weighted by atomic mass is 10.0. The molecule has 2 heterocycles. The van der Waals surface area contributed by atoms with Crippen molar-refractivity contribution in [2.45, 2.75) is 63.5 Å². The predicted molar refractivity (Wildman–Crippen MR) is 121 cm³/mol. The molecule has 1 unspecified atom stereocenters. The van der Waals surface area contributed by atoms with E-state index in [1.807, 2.05) is 0 Å². The van der Waals surface area contributed by atoms with Gasteiger partial charge in [-0.1, -0.05) is 18.2 Å². The first-order valence-electron chi connectivity index (χ1n) is 11.7. The molecule has 37 heavy (non-hydrogen) atoms. The Hall–Kier alpha value is -2.90. The number of aryl methyl sites for hydroxylation is 1. The summed E-state index contributed by atoms with van der Waals surface area (Å²) in [6.07, 6.45) is -7.96. The number of aromatic nitrogens is 2. The Morgan fingerprint density at radius 1 is 1.14 bits per heavy atom. The minimum atomic E-state index is -3.00. The van der Waals surface area contributed by atoms with Crippen LogP contribution in [-0.4, -0.2) is 48.2 Å². The van der Waals surface area contributed by atoms with Crippen LogP contribution >= 0.6 is 0 Å². The molecule has 13 heteroatoms. The molecule has 0 radical (unpaired) electrons. The Labute approximate surface area is 209 Å². The third kappa shape index (κ3) is 5.53. The van der Waals surface area contributed by atoms with Gasteiger partial charge in [0.15, 0.2) is 12.4 Å². The summed E-state index contributed by atoms with van der Waals surface area (Å²) in [5.74, 6) is -1.62. The van der Waals surface area contributed by atoms with Crippen LogP contribution in [0.3, 0.4) is 0 Å². The minimum absolute atomic E-state index is 0.0148. The number of hydrogen-bond acceptors (Lipinski definition) is 7. The average Bonchev–Trinajstić information content (AvgIpc) is 3.42. The second kappa shape index (κ2) is 10.8. The SMILES string of the molecule is COC(C(=O)NC1(C(F)F)CC1)c1nc(C)nc(N[C@H](C)c2cccc(C(F)F)c2F)c1C1OCCO1.